The second kappa shape index (κ2) is 9.40. The zero-order valence-corrected chi connectivity index (χ0v) is 19.1. The van der Waals surface area contributed by atoms with Gasteiger partial charge in [0, 0.05) is 23.7 Å². The third-order valence-corrected chi connectivity index (χ3v) is 6.54. The van der Waals surface area contributed by atoms with Gasteiger partial charge in [-0.25, -0.2) is 4.98 Å². The zero-order valence-electron chi connectivity index (χ0n) is 17.5. The molecule has 0 aliphatic rings. The molecule has 0 radical (unpaired) electrons. The Morgan fingerprint density at radius 1 is 1.13 bits per heavy atom. The molecule has 9 heteroatoms. The number of anilines is 1. The number of rotatable bonds is 7. The number of aryl methyl sites for hydroxylation is 2. The van der Waals surface area contributed by atoms with Crippen molar-refractivity contribution in [2.75, 3.05) is 11.1 Å². The summed E-state index contributed by atoms with van der Waals surface area (Å²) < 4.78 is 1.96. The summed E-state index contributed by atoms with van der Waals surface area (Å²) in [4.78, 5) is 21.4. The molecule has 0 unspecified atom stereocenters. The number of amides is 1. The van der Waals surface area contributed by atoms with E-state index in [2.05, 4.69) is 57.5 Å². The van der Waals surface area contributed by atoms with Gasteiger partial charge in [-0.05, 0) is 50.1 Å². The van der Waals surface area contributed by atoms with Crippen molar-refractivity contribution >= 4 is 34.1 Å². The van der Waals surface area contributed by atoms with E-state index in [1.165, 1.54) is 34.2 Å². The van der Waals surface area contributed by atoms with E-state index in [0.717, 1.165) is 17.0 Å². The van der Waals surface area contributed by atoms with Gasteiger partial charge < -0.3 is 9.88 Å². The lowest BCUT2D eigenvalue weighted by atomic mass is 10.1. The normalized spacial score (nSPS) is 10.9. The molecule has 1 amide bonds. The van der Waals surface area contributed by atoms with Crippen LogP contribution in [0.4, 0.5) is 5.13 Å². The Hall–Kier alpha value is -3.04. The maximum atomic E-state index is 12.5. The van der Waals surface area contributed by atoms with Crippen molar-refractivity contribution in [3.05, 3.63) is 59.1 Å². The van der Waals surface area contributed by atoms with E-state index in [1.807, 2.05) is 35.1 Å². The monoisotopic (exact) mass is 450 g/mol. The highest BCUT2D eigenvalue weighted by Crippen LogP contribution is 2.27. The predicted molar refractivity (Wildman–Crippen MR) is 125 cm³/mol. The number of hydrogen-bond donors (Lipinski definition) is 1. The highest BCUT2D eigenvalue weighted by molar-refractivity contribution is 7.99. The lowest BCUT2D eigenvalue weighted by Crippen LogP contribution is -2.14. The molecule has 0 atom stereocenters. The molecule has 7 nitrogen and oxygen atoms in total. The summed E-state index contributed by atoms with van der Waals surface area (Å²) in [7, 11) is 0. The van der Waals surface area contributed by atoms with Gasteiger partial charge in [0.1, 0.15) is 5.69 Å². The third kappa shape index (κ3) is 4.83. The molecule has 31 heavy (non-hydrogen) atoms. The minimum atomic E-state index is -0.129. The predicted octanol–water partition coefficient (Wildman–Crippen LogP) is 4.83. The van der Waals surface area contributed by atoms with Crippen LogP contribution in [0.2, 0.25) is 0 Å². The van der Waals surface area contributed by atoms with E-state index < -0.39 is 0 Å². The molecular formula is C22H22N6OS2. The molecule has 3 aromatic heterocycles. The number of carbonyl (C=O) groups excluding carboxylic acids is 1. The number of hydrogen-bond acceptors (Lipinski definition) is 7. The molecule has 0 aliphatic carbocycles. The van der Waals surface area contributed by atoms with E-state index in [4.69, 9.17) is 0 Å². The summed E-state index contributed by atoms with van der Waals surface area (Å²) in [5, 5.41) is 14.6. The van der Waals surface area contributed by atoms with E-state index in [0.29, 0.717) is 22.7 Å². The summed E-state index contributed by atoms with van der Waals surface area (Å²) in [6.45, 7) is 6.88. The number of aromatic nitrogens is 5. The van der Waals surface area contributed by atoms with Gasteiger partial charge >= 0.3 is 0 Å². The van der Waals surface area contributed by atoms with Crippen LogP contribution in [0, 0.1) is 13.8 Å². The van der Waals surface area contributed by atoms with Gasteiger partial charge in [0.05, 0.1) is 11.4 Å². The average molecular weight is 451 g/mol. The van der Waals surface area contributed by atoms with Crippen LogP contribution in [-0.4, -0.2) is 36.4 Å². The first-order valence-corrected chi connectivity index (χ1v) is 11.7. The highest BCUT2D eigenvalue weighted by atomic mass is 32.2. The summed E-state index contributed by atoms with van der Waals surface area (Å²) in [5.74, 6) is 0.791. The maximum absolute atomic E-state index is 12.5. The van der Waals surface area contributed by atoms with Crippen LogP contribution in [0.3, 0.4) is 0 Å². The van der Waals surface area contributed by atoms with Crippen molar-refractivity contribution in [3.63, 3.8) is 0 Å². The van der Waals surface area contributed by atoms with Crippen LogP contribution in [-0.2, 0) is 11.3 Å². The molecule has 1 aromatic carbocycles. The molecule has 4 aromatic rings. The van der Waals surface area contributed by atoms with Crippen LogP contribution < -0.4 is 5.32 Å². The molecule has 1 N–H and O–H groups in total. The van der Waals surface area contributed by atoms with Crippen molar-refractivity contribution in [1.82, 2.24) is 24.7 Å². The van der Waals surface area contributed by atoms with Gasteiger partial charge in [0.2, 0.25) is 5.91 Å². The highest BCUT2D eigenvalue weighted by Gasteiger charge is 2.16. The van der Waals surface area contributed by atoms with E-state index >= 15 is 0 Å². The topological polar surface area (TPSA) is 85.6 Å². The first kappa shape index (κ1) is 21.2. The van der Waals surface area contributed by atoms with Crippen LogP contribution in [0.15, 0.2) is 53.1 Å². The third-order valence-electron chi connectivity index (χ3n) is 4.81. The lowest BCUT2D eigenvalue weighted by molar-refractivity contribution is -0.113. The SMILES string of the molecule is CCn1c(SCC(=O)Nc2nc(-c3ccc(C)c(C)c3)cs2)nnc1-c1ccccn1. The Balaban J connectivity index is 1.40. The molecular weight excluding hydrogens is 428 g/mol. The zero-order chi connectivity index (χ0) is 21.8. The fraction of sp³-hybridized carbons (Fsp3) is 0.227. The van der Waals surface area contributed by atoms with Crippen molar-refractivity contribution in [2.45, 2.75) is 32.5 Å². The number of carbonyl (C=O) groups is 1. The first-order chi connectivity index (χ1) is 15.0. The number of thioether (sulfide) groups is 1. The quantitative estimate of drug-likeness (QED) is 0.406. The van der Waals surface area contributed by atoms with Crippen molar-refractivity contribution < 1.29 is 4.79 Å². The Labute approximate surface area is 189 Å². The molecule has 4 rings (SSSR count). The summed E-state index contributed by atoms with van der Waals surface area (Å²) in [6, 6.07) is 11.9. The van der Waals surface area contributed by atoms with Crippen LogP contribution in [0.25, 0.3) is 22.8 Å². The minimum Gasteiger partial charge on any atom is -0.301 e. The van der Waals surface area contributed by atoms with Crippen LogP contribution in [0.1, 0.15) is 18.1 Å². The second-order valence-electron chi connectivity index (χ2n) is 6.94. The van der Waals surface area contributed by atoms with Crippen LogP contribution in [0.5, 0.6) is 0 Å². The van der Waals surface area contributed by atoms with Gasteiger partial charge in [0.15, 0.2) is 16.1 Å². The van der Waals surface area contributed by atoms with E-state index in [-0.39, 0.29) is 11.7 Å². The van der Waals surface area contributed by atoms with Crippen molar-refractivity contribution in [2.24, 2.45) is 0 Å². The molecule has 0 aliphatic heterocycles. The van der Waals surface area contributed by atoms with Gasteiger partial charge in [-0.3, -0.25) is 9.78 Å². The molecule has 0 saturated carbocycles. The molecule has 0 bridgehead atoms. The fourth-order valence-corrected chi connectivity index (χ4v) is 4.55. The number of benzene rings is 1. The first-order valence-electron chi connectivity index (χ1n) is 9.85. The Morgan fingerprint density at radius 3 is 2.74 bits per heavy atom. The van der Waals surface area contributed by atoms with E-state index in [9.17, 15) is 4.79 Å². The van der Waals surface area contributed by atoms with E-state index in [1.54, 1.807) is 6.20 Å². The maximum Gasteiger partial charge on any atom is 0.236 e. The summed E-state index contributed by atoms with van der Waals surface area (Å²) in [6.07, 6.45) is 1.73. The van der Waals surface area contributed by atoms with Crippen molar-refractivity contribution in [3.8, 4) is 22.8 Å². The Bertz CT molecular complexity index is 1200. The second-order valence-corrected chi connectivity index (χ2v) is 8.74. The van der Waals surface area contributed by atoms with Crippen LogP contribution >= 0.6 is 23.1 Å². The standard InChI is InChI=1S/C22H22N6OS2/c1-4-28-20(17-7-5-6-10-23-17)26-27-22(28)31-13-19(29)25-21-24-18(12-30-21)16-9-8-14(2)15(3)11-16/h5-12H,4,13H2,1-3H3,(H,24,25,29). The molecule has 0 saturated heterocycles. The Morgan fingerprint density at radius 2 is 2.00 bits per heavy atom. The lowest BCUT2D eigenvalue weighted by Gasteiger charge is -2.06. The number of thiazole rings is 1. The van der Waals surface area contributed by atoms with Gasteiger partial charge in [-0.1, -0.05) is 30.0 Å². The summed E-state index contributed by atoms with van der Waals surface area (Å²) >= 11 is 2.77. The van der Waals surface area contributed by atoms with Gasteiger partial charge in [-0.15, -0.1) is 21.5 Å². The van der Waals surface area contributed by atoms with Crippen molar-refractivity contribution in [1.29, 1.82) is 0 Å². The number of nitrogens with one attached hydrogen (secondary N) is 1. The molecule has 0 spiro atoms. The molecule has 3 heterocycles. The molecule has 158 valence electrons. The number of nitrogens with zero attached hydrogens (tertiary/aromatic N) is 5. The van der Waals surface area contributed by atoms with Gasteiger partial charge in [-0.2, -0.15) is 0 Å². The average Bonchev–Trinajstić information content (AvgIpc) is 3.41. The molecule has 0 fully saturated rings. The summed E-state index contributed by atoms with van der Waals surface area (Å²) in [5.41, 5.74) is 5.14. The fourth-order valence-electron chi connectivity index (χ4n) is 3.01. The number of pyridine rings is 1. The minimum absolute atomic E-state index is 0.129. The Kier molecular flexibility index (Phi) is 6.43. The largest absolute Gasteiger partial charge is 0.301 e. The smallest absolute Gasteiger partial charge is 0.236 e. The van der Waals surface area contributed by atoms with Gasteiger partial charge in [0.25, 0.3) is 0 Å².